The Kier molecular flexibility index (Phi) is 4.93. The van der Waals surface area contributed by atoms with Crippen LogP contribution in [-0.4, -0.2) is 17.3 Å². The highest BCUT2D eigenvalue weighted by molar-refractivity contribution is 6.35. The lowest BCUT2D eigenvalue weighted by molar-refractivity contribution is 0.375. The molecular formula is C24H16Cl2N4O2. The zero-order valence-electron chi connectivity index (χ0n) is 16.8. The van der Waals surface area contributed by atoms with Crippen LogP contribution in [0, 0.1) is 11.3 Å². The monoisotopic (exact) mass is 462 g/mol. The number of nitrogens with two attached hydrogens (primary N) is 1. The minimum absolute atomic E-state index is 0.0286. The van der Waals surface area contributed by atoms with Crippen LogP contribution in [0.5, 0.6) is 11.6 Å². The number of H-pyrrole nitrogens is 1. The molecule has 0 aliphatic carbocycles. The van der Waals surface area contributed by atoms with Crippen molar-refractivity contribution in [3.05, 3.63) is 87.2 Å². The van der Waals surface area contributed by atoms with E-state index in [0.717, 1.165) is 16.3 Å². The summed E-state index contributed by atoms with van der Waals surface area (Å²) in [6.45, 7) is 0. The third kappa shape index (κ3) is 3.06. The summed E-state index contributed by atoms with van der Waals surface area (Å²) in [4.78, 5) is 0. The summed E-state index contributed by atoms with van der Waals surface area (Å²) >= 11 is 12.8. The zero-order chi connectivity index (χ0) is 22.4. The Bertz CT molecular complexity index is 1450. The number of hydrogen-bond donors (Lipinski definition) is 2. The second-order valence-electron chi connectivity index (χ2n) is 7.28. The molecule has 0 saturated heterocycles. The van der Waals surface area contributed by atoms with Crippen molar-refractivity contribution in [3.8, 4) is 29.0 Å². The fourth-order valence-electron chi connectivity index (χ4n) is 4.21. The summed E-state index contributed by atoms with van der Waals surface area (Å²) in [6.07, 6.45) is 0. The van der Waals surface area contributed by atoms with Gasteiger partial charge in [0.1, 0.15) is 17.4 Å². The number of halogens is 2. The third-order valence-corrected chi connectivity index (χ3v) is 6.05. The molecule has 0 fully saturated rings. The number of aromatic amines is 1. The van der Waals surface area contributed by atoms with E-state index >= 15 is 0 Å². The van der Waals surface area contributed by atoms with E-state index < -0.39 is 5.92 Å². The maximum Gasteiger partial charge on any atom is 0.244 e. The summed E-state index contributed by atoms with van der Waals surface area (Å²) in [5, 5.41) is 20.3. The van der Waals surface area contributed by atoms with Crippen LogP contribution in [0.25, 0.3) is 22.0 Å². The second kappa shape index (κ2) is 7.79. The highest BCUT2D eigenvalue weighted by Crippen LogP contribution is 2.50. The van der Waals surface area contributed by atoms with Gasteiger partial charge in [0.05, 0.1) is 29.3 Å². The molecule has 3 N–H and O–H groups in total. The highest BCUT2D eigenvalue weighted by atomic mass is 35.5. The standard InChI is InChI=1S/C24H16Cl2N4O2/c1-31-22-16(9-13(25)10-18(22)26)19-17(11-27)23(28)32-24-20(19)21(29-30-24)15-8-4-6-12-5-2-3-7-14(12)15/h2-10,19H,28H2,1H3,(H,29,30)/t19-/m1/s1. The van der Waals surface area contributed by atoms with Gasteiger partial charge in [0.15, 0.2) is 0 Å². The highest BCUT2D eigenvalue weighted by Gasteiger charge is 2.38. The smallest absolute Gasteiger partial charge is 0.244 e. The minimum Gasteiger partial charge on any atom is -0.495 e. The maximum atomic E-state index is 9.99. The molecule has 32 heavy (non-hydrogen) atoms. The van der Waals surface area contributed by atoms with Gasteiger partial charge in [-0.1, -0.05) is 65.7 Å². The van der Waals surface area contributed by atoms with E-state index in [0.29, 0.717) is 32.6 Å². The van der Waals surface area contributed by atoms with Crippen LogP contribution in [0.4, 0.5) is 0 Å². The van der Waals surface area contributed by atoms with Crippen molar-refractivity contribution in [2.45, 2.75) is 5.92 Å². The van der Waals surface area contributed by atoms with Crippen molar-refractivity contribution in [1.82, 2.24) is 10.2 Å². The van der Waals surface area contributed by atoms with Crippen molar-refractivity contribution >= 4 is 34.0 Å². The van der Waals surface area contributed by atoms with E-state index in [9.17, 15) is 5.26 Å². The van der Waals surface area contributed by atoms with Crippen molar-refractivity contribution in [2.24, 2.45) is 5.73 Å². The molecular weight excluding hydrogens is 447 g/mol. The summed E-state index contributed by atoms with van der Waals surface area (Å²) in [7, 11) is 1.51. The molecule has 1 atom stereocenters. The Morgan fingerprint density at radius 1 is 1.16 bits per heavy atom. The number of hydrogen-bond acceptors (Lipinski definition) is 5. The predicted molar refractivity (Wildman–Crippen MR) is 124 cm³/mol. The average molecular weight is 463 g/mol. The Balaban J connectivity index is 1.84. The molecule has 1 aliphatic heterocycles. The minimum atomic E-state index is -0.650. The lowest BCUT2D eigenvalue weighted by Crippen LogP contribution is -2.21. The molecule has 8 heteroatoms. The second-order valence-corrected chi connectivity index (χ2v) is 8.12. The van der Waals surface area contributed by atoms with Crippen LogP contribution in [0.3, 0.4) is 0 Å². The first-order chi connectivity index (χ1) is 15.5. The van der Waals surface area contributed by atoms with E-state index in [1.54, 1.807) is 12.1 Å². The Hall–Kier alpha value is -3.66. The fraction of sp³-hybridized carbons (Fsp3) is 0.0833. The summed E-state index contributed by atoms with van der Waals surface area (Å²) < 4.78 is 11.3. The van der Waals surface area contributed by atoms with Crippen LogP contribution in [0.15, 0.2) is 66.1 Å². The quantitative estimate of drug-likeness (QED) is 0.403. The zero-order valence-corrected chi connectivity index (χ0v) is 18.3. The van der Waals surface area contributed by atoms with Crippen LogP contribution < -0.4 is 15.2 Å². The van der Waals surface area contributed by atoms with E-state index in [2.05, 4.69) is 16.3 Å². The molecule has 4 aromatic rings. The molecule has 0 unspecified atom stereocenters. The number of nitrogens with zero attached hydrogens (tertiary/aromatic N) is 2. The summed E-state index contributed by atoms with van der Waals surface area (Å²) in [5.74, 6) is 0.00820. The van der Waals surface area contributed by atoms with Gasteiger partial charge in [-0.3, -0.25) is 5.10 Å². The van der Waals surface area contributed by atoms with Gasteiger partial charge >= 0.3 is 0 Å². The largest absolute Gasteiger partial charge is 0.495 e. The van der Waals surface area contributed by atoms with Crippen molar-refractivity contribution < 1.29 is 9.47 Å². The lowest BCUT2D eigenvalue weighted by Gasteiger charge is -2.26. The number of fused-ring (bicyclic) bond motifs is 2. The van der Waals surface area contributed by atoms with Gasteiger partial charge in [0.2, 0.25) is 11.8 Å². The number of ether oxygens (including phenoxy) is 2. The Labute approximate surface area is 193 Å². The van der Waals surface area contributed by atoms with Crippen LogP contribution >= 0.6 is 23.2 Å². The molecule has 1 aliphatic rings. The summed E-state index contributed by atoms with van der Waals surface area (Å²) in [5.41, 5.74) is 9.20. The lowest BCUT2D eigenvalue weighted by atomic mass is 9.82. The molecule has 6 nitrogen and oxygen atoms in total. The van der Waals surface area contributed by atoms with Crippen LogP contribution in [0.2, 0.25) is 10.0 Å². The molecule has 3 aromatic carbocycles. The summed E-state index contributed by atoms with van der Waals surface area (Å²) in [6, 6.07) is 19.5. The number of benzene rings is 3. The average Bonchev–Trinajstić information content (AvgIpc) is 3.20. The first kappa shape index (κ1) is 20.3. The van der Waals surface area contributed by atoms with Gasteiger partial charge in [-0.2, -0.15) is 5.26 Å². The van der Waals surface area contributed by atoms with E-state index in [4.69, 9.17) is 38.4 Å². The number of methoxy groups -OCH3 is 1. The molecule has 0 amide bonds. The number of aromatic nitrogens is 2. The van der Waals surface area contributed by atoms with Crippen molar-refractivity contribution in [1.29, 1.82) is 5.26 Å². The number of allylic oxidation sites excluding steroid dienone is 1. The van der Waals surface area contributed by atoms with Gasteiger partial charge in [-0.15, -0.1) is 5.10 Å². The van der Waals surface area contributed by atoms with Gasteiger partial charge < -0.3 is 15.2 Å². The molecule has 0 bridgehead atoms. The van der Waals surface area contributed by atoms with E-state index in [1.807, 2.05) is 42.5 Å². The maximum absolute atomic E-state index is 9.99. The van der Waals surface area contributed by atoms with E-state index in [1.165, 1.54) is 7.11 Å². The third-order valence-electron chi connectivity index (χ3n) is 5.55. The fourth-order valence-corrected chi connectivity index (χ4v) is 4.80. The Morgan fingerprint density at radius 3 is 2.72 bits per heavy atom. The van der Waals surface area contributed by atoms with Crippen LogP contribution in [0.1, 0.15) is 17.0 Å². The topological polar surface area (TPSA) is 96.9 Å². The normalized spacial score (nSPS) is 15.2. The van der Waals surface area contributed by atoms with Crippen LogP contribution in [-0.2, 0) is 0 Å². The molecule has 0 radical (unpaired) electrons. The number of nitriles is 1. The molecule has 2 heterocycles. The van der Waals surface area contributed by atoms with Crippen molar-refractivity contribution in [2.75, 3.05) is 7.11 Å². The molecule has 0 saturated carbocycles. The number of nitrogens with one attached hydrogen (secondary N) is 1. The van der Waals surface area contributed by atoms with Gasteiger partial charge in [0, 0.05) is 16.1 Å². The first-order valence-corrected chi connectivity index (χ1v) is 10.5. The molecule has 158 valence electrons. The first-order valence-electron chi connectivity index (χ1n) is 9.70. The molecule has 0 spiro atoms. The predicted octanol–water partition coefficient (Wildman–Crippen LogP) is 5.76. The van der Waals surface area contributed by atoms with E-state index in [-0.39, 0.29) is 17.3 Å². The Morgan fingerprint density at radius 2 is 1.94 bits per heavy atom. The molecule has 5 rings (SSSR count). The molecule has 1 aromatic heterocycles. The van der Waals surface area contributed by atoms with Gasteiger partial charge in [-0.25, -0.2) is 0 Å². The van der Waals surface area contributed by atoms with Gasteiger partial charge in [0.25, 0.3) is 0 Å². The SMILES string of the molecule is COc1c(Cl)cc(Cl)cc1[C@@H]1C(C#N)=C(N)Oc2n[nH]c(-c3cccc4ccccc34)c21. The van der Waals surface area contributed by atoms with Gasteiger partial charge in [-0.05, 0) is 22.9 Å². The van der Waals surface area contributed by atoms with Crippen molar-refractivity contribution in [3.63, 3.8) is 0 Å². The number of rotatable bonds is 3.